The maximum absolute atomic E-state index is 13.0. The van der Waals surface area contributed by atoms with Gasteiger partial charge < -0.3 is 24.5 Å². The number of nitrogens with one attached hydrogen (secondary N) is 3. The first-order valence-electron chi connectivity index (χ1n) is 10.0. The van der Waals surface area contributed by atoms with Gasteiger partial charge in [0.2, 0.25) is 0 Å². The molecule has 3 aromatic rings. The number of benzene rings is 2. The van der Waals surface area contributed by atoms with Crippen molar-refractivity contribution in [3.8, 4) is 11.5 Å². The summed E-state index contributed by atoms with van der Waals surface area (Å²) in [5.41, 5.74) is 3.12. The molecule has 0 aliphatic heterocycles. The van der Waals surface area contributed by atoms with Crippen LogP contribution in [-0.2, 0) is 20.9 Å². The van der Waals surface area contributed by atoms with Crippen LogP contribution in [0, 0.1) is 9.39 Å². The summed E-state index contributed by atoms with van der Waals surface area (Å²) >= 11 is 2.00. The number of ether oxygens (including phenoxy) is 2. The number of carbonyl (C=O) groups excluding carboxylic acids is 3. The first-order chi connectivity index (χ1) is 16.9. The SMILES string of the molecule is COc1cc(/C=N\NC(=O)C(=O)NCc2ccco2)cc(I)c1OCC(=O)Nc1ccc(F)cc1. The molecule has 0 bridgehead atoms. The van der Waals surface area contributed by atoms with Gasteiger partial charge in [-0.15, -0.1) is 0 Å². The highest BCUT2D eigenvalue weighted by molar-refractivity contribution is 14.1. The average Bonchev–Trinajstić information content (AvgIpc) is 3.36. The maximum atomic E-state index is 13.0. The molecule has 0 saturated heterocycles. The molecule has 2 aromatic carbocycles. The molecule has 3 N–H and O–H groups in total. The molecule has 1 heterocycles. The second-order valence-electron chi connectivity index (χ2n) is 6.84. The third-order valence-corrected chi connectivity index (χ3v) is 5.12. The molecule has 1 aromatic heterocycles. The highest BCUT2D eigenvalue weighted by Gasteiger charge is 2.15. The van der Waals surface area contributed by atoms with E-state index in [0.29, 0.717) is 32.1 Å². The van der Waals surface area contributed by atoms with Crippen LogP contribution in [0.2, 0.25) is 0 Å². The Morgan fingerprint density at radius 2 is 1.91 bits per heavy atom. The number of anilines is 1. The Labute approximate surface area is 213 Å². The maximum Gasteiger partial charge on any atom is 0.329 e. The van der Waals surface area contributed by atoms with Gasteiger partial charge >= 0.3 is 11.8 Å². The third-order valence-electron chi connectivity index (χ3n) is 4.32. The van der Waals surface area contributed by atoms with E-state index in [1.807, 2.05) is 22.6 Å². The molecule has 3 rings (SSSR count). The fourth-order valence-corrected chi connectivity index (χ4v) is 3.48. The van der Waals surface area contributed by atoms with Crippen molar-refractivity contribution in [3.05, 3.63) is 75.5 Å². The molecule has 12 heteroatoms. The molecular weight excluding hydrogens is 574 g/mol. The number of nitrogens with zero attached hydrogens (tertiary/aromatic N) is 1. The number of amides is 3. The molecule has 0 saturated carbocycles. The van der Waals surface area contributed by atoms with Crippen molar-refractivity contribution in [3.63, 3.8) is 0 Å². The molecule has 35 heavy (non-hydrogen) atoms. The highest BCUT2D eigenvalue weighted by Crippen LogP contribution is 2.33. The number of halogens is 2. The Balaban J connectivity index is 1.54. The van der Waals surface area contributed by atoms with E-state index in [1.165, 1.54) is 43.9 Å². The molecule has 0 spiro atoms. The number of rotatable bonds is 9. The predicted octanol–water partition coefficient (Wildman–Crippen LogP) is 2.82. The van der Waals surface area contributed by atoms with Gasteiger partial charge in [0.15, 0.2) is 18.1 Å². The summed E-state index contributed by atoms with van der Waals surface area (Å²) in [4.78, 5) is 35.8. The van der Waals surface area contributed by atoms with Gasteiger partial charge in [0.05, 0.1) is 29.7 Å². The van der Waals surface area contributed by atoms with E-state index in [1.54, 1.807) is 24.3 Å². The van der Waals surface area contributed by atoms with Crippen molar-refractivity contribution < 1.29 is 32.7 Å². The fraction of sp³-hybridized carbons (Fsp3) is 0.130. The summed E-state index contributed by atoms with van der Waals surface area (Å²) in [6.45, 7) is -0.234. The Morgan fingerprint density at radius 1 is 1.14 bits per heavy atom. The summed E-state index contributed by atoms with van der Waals surface area (Å²) in [6, 6.07) is 11.9. The van der Waals surface area contributed by atoms with E-state index in [0.717, 1.165) is 0 Å². The lowest BCUT2D eigenvalue weighted by Gasteiger charge is -2.13. The minimum Gasteiger partial charge on any atom is -0.493 e. The second-order valence-corrected chi connectivity index (χ2v) is 8.00. The smallest absolute Gasteiger partial charge is 0.329 e. The lowest BCUT2D eigenvalue weighted by atomic mass is 10.2. The molecule has 182 valence electrons. The number of furan rings is 1. The molecule has 0 atom stereocenters. The summed E-state index contributed by atoms with van der Waals surface area (Å²) < 4.78 is 29.6. The van der Waals surface area contributed by atoms with Crippen LogP contribution < -0.4 is 25.5 Å². The first kappa shape index (κ1) is 25.7. The zero-order valence-electron chi connectivity index (χ0n) is 18.3. The van der Waals surface area contributed by atoms with Crippen molar-refractivity contribution in [2.45, 2.75) is 6.54 Å². The minimum absolute atomic E-state index is 0.0712. The molecule has 0 unspecified atom stereocenters. The standard InChI is InChI=1S/C23H20FIN4O6/c1-33-19-10-14(11-27-29-23(32)22(31)26-12-17-3-2-8-34-17)9-18(25)21(19)35-13-20(30)28-16-6-4-15(24)5-7-16/h2-11H,12-13H2,1H3,(H,26,31)(H,28,30)(H,29,32)/b27-11-. The summed E-state index contributed by atoms with van der Waals surface area (Å²) in [7, 11) is 1.43. The van der Waals surface area contributed by atoms with Crippen LogP contribution in [0.4, 0.5) is 10.1 Å². The quantitative estimate of drug-likeness (QED) is 0.151. The lowest BCUT2D eigenvalue weighted by molar-refractivity contribution is -0.139. The van der Waals surface area contributed by atoms with Crippen LogP contribution in [0.1, 0.15) is 11.3 Å². The first-order valence-corrected chi connectivity index (χ1v) is 11.1. The second kappa shape index (κ2) is 12.5. The number of carbonyl (C=O) groups is 3. The van der Waals surface area contributed by atoms with Gasteiger partial charge in [-0.25, -0.2) is 9.82 Å². The van der Waals surface area contributed by atoms with Crippen LogP contribution >= 0.6 is 22.6 Å². The lowest BCUT2D eigenvalue weighted by Crippen LogP contribution is -2.37. The fourth-order valence-electron chi connectivity index (χ4n) is 2.70. The number of hydrogen-bond acceptors (Lipinski definition) is 7. The van der Waals surface area contributed by atoms with Crippen LogP contribution in [-0.4, -0.2) is 37.7 Å². The Kier molecular flexibility index (Phi) is 9.17. The van der Waals surface area contributed by atoms with Gasteiger partial charge in [-0.2, -0.15) is 5.10 Å². The minimum atomic E-state index is -0.943. The van der Waals surface area contributed by atoms with E-state index >= 15 is 0 Å². The van der Waals surface area contributed by atoms with Crippen LogP contribution in [0.5, 0.6) is 11.5 Å². The molecule has 0 fully saturated rings. The zero-order chi connectivity index (χ0) is 25.2. The normalized spacial score (nSPS) is 10.6. The monoisotopic (exact) mass is 594 g/mol. The molecule has 0 aliphatic rings. The van der Waals surface area contributed by atoms with Crippen molar-refractivity contribution in [1.82, 2.24) is 10.7 Å². The van der Waals surface area contributed by atoms with Gasteiger partial charge in [0.25, 0.3) is 5.91 Å². The van der Waals surface area contributed by atoms with Gasteiger partial charge in [-0.05, 0) is 76.7 Å². The summed E-state index contributed by atoms with van der Waals surface area (Å²) in [5.74, 6) is -1.49. The van der Waals surface area contributed by atoms with E-state index in [-0.39, 0.29) is 13.2 Å². The van der Waals surface area contributed by atoms with Gasteiger partial charge in [0.1, 0.15) is 11.6 Å². The van der Waals surface area contributed by atoms with Crippen molar-refractivity contribution in [2.24, 2.45) is 5.10 Å². The van der Waals surface area contributed by atoms with E-state index in [4.69, 9.17) is 13.9 Å². The Hall–Kier alpha value is -3.94. The van der Waals surface area contributed by atoms with E-state index in [2.05, 4.69) is 21.2 Å². The van der Waals surface area contributed by atoms with Gasteiger partial charge in [0, 0.05) is 5.69 Å². The molecule has 0 aliphatic carbocycles. The zero-order valence-corrected chi connectivity index (χ0v) is 20.5. The Bertz CT molecular complexity index is 1220. The van der Waals surface area contributed by atoms with Crippen molar-refractivity contribution in [2.75, 3.05) is 19.0 Å². The topological polar surface area (TPSA) is 131 Å². The van der Waals surface area contributed by atoms with Crippen molar-refractivity contribution >= 4 is 52.2 Å². The van der Waals surface area contributed by atoms with E-state index in [9.17, 15) is 18.8 Å². The number of hydrogen-bond donors (Lipinski definition) is 3. The number of hydrazone groups is 1. The molecule has 10 nitrogen and oxygen atoms in total. The predicted molar refractivity (Wildman–Crippen MR) is 133 cm³/mol. The average molecular weight is 594 g/mol. The highest BCUT2D eigenvalue weighted by atomic mass is 127. The Morgan fingerprint density at radius 3 is 2.60 bits per heavy atom. The van der Waals surface area contributed by atoms with Crippen LogP contribution in [0.15, 0.2) is 64.3 Å². The van der Waals surface area contributed by atoms with Crippen molar-refractivity contribution in [1.29, 1.82) is 0 Å². The van der Waals surface area contributed by atoms with Gasteiger partial charge in [-0.1, -0.05) is 0 Å². The molecule has 3 amide bonds. The molecule has 0 radical (unpaired) electrons. The summed E-state index contributed by atoms with van der Waals surface area (Å²) in [5, 5.41) is 8.78. The van der Waals surface area contributed by atoms with Crippen LogP contribution in [0.3, 0.4) is 0 Å². The third kappa shape index (κ3) is 7.81. The number of methoxy groups -OCH3 is 1. The van der Waals surface area contributed by atoms with Gasteiger partial charge in [-0.3, -0.25) is 14.4 Å². The van der Waals surface area contributed by atoms with Crippen LogP contribution in [0.25, 0.3) is 0 Å². The van der Waals surface area contributed by atoms with E-state index < -0.39 is 23.5 Å². The summed E-state index contributed by atoms with van der Waals surface area (Å²) in [6.07, 6.45) is 2.79. The largest absolute Gasteiger partial charge is 0.493 e. The molecular formula is C23H20FIN4O6.